The van der Waals surface area contributed by atoms with Crippen molar-refractivity contribution in [3.8, 4) is 0 Å². The Bertz CT molecular complexity index is 943. The Kier molecular flexibility index (Phi) is 5.20. The average Bonchev–Trinajstić information content (AvgIpc) is 3.03. The van der Waals surface area contributed by atoms with Gasteiger partial charge in [-0.15, -0.1) is 0 Å². The van der Waals surface area contributed by atoms with Gasteiger partial charge >= 0.3 is 0 Å². The van der Waals surface area contributed by atoms with E-state index in [1.54, 1.807) is 6.07 Å². The lowest BCUT2D eigenvalue weighted by atomic mass is 9.74. The zero-order chi connectivity index (χ0) is 20.6. The summed E-state index contributed by atoms with van der Waals surface area (Å²) in [5.41, 5.74) is 3.12. The number of rotatable bonds is 4. The maximum Gasteiger partial charge on any atom is 0.230 e. The standard InChI is InChI=1S/C26H29FN2O/c27-22-11-12-24-23(18-22)26(19-29(24)25(30)21-9-4-10-21)13-16-28(17-14-26)15-5-8-20-6-2-1-3-7-20/h1-3,5-8,11-12,18,21H,4,9-10,13-17,19H2. The quantitative estimate of drug-likeness (QED) is 0.714. The van der Waals surface area contributed by atoms with Crippen LogP contribution < -0.4 is 4.90 Å². The molecule has 0 unspecified atom stereocenters. The maximum absolute atomic E-state index is 14.1. The van der Waals surface area contributed by atoms with Gasteiger partial charge in [-0.3, -0.25) is 9.69 Å². The fraction of sp³-hybridized carbons (Fsp3) is 0.423. The van der Waals surface area contributed by atoms with Crippen LogP contribution in [-0.2, 0) is 10.2 Å². The van der Waals surface area contributed by atoms with Gasteiger partial charge in [0.25, 0.3) is 0 Å². The van der Waals surface area contributed by atoms with Gasteiger partial charge in [-0.2, -0.15) is 0 Å². The number of benzene rings is 2. The summed E-state index contributed by atoms with van der Waals surface area (Å²) in [5.74, 6) is 0.222. The first-order valence-electron chi connectivity index (χ1n) is 11.2. The van der Waals surface area contributed by atoms with Crippen LogP contribution in [0.5, 0.6) is 0 Å². The summed E-state index contributed by atoms with van der Waals surface area (Å²) in [6, 6.07) is 15.4. The minimum Gasteiger partial charge on any atom is -0.311 e. The van der Waals surface area contributed by atoms with E-state index in [0.717, 1.165) is 69.5 Å². The third-order valence-electron chi connectivity index (χ3n) is 7.29. The van der Waals surface area contributed by atoms with Crippen LogP contribution >= 0.6 is 0 Å². The lowest BCUT2D eigenvalue weighted by Gasteiger charge is -2.40. The van der Waals surface area contributed by atoms with Crippen molar-refractivity contribution in [3.05, 3.63) is 71.6 Å². The first kappa shape index (κ1) is 19.5. The van der Waals surface area contributed by atoms with Crippen LogP contribution in [0.4, 0.5) is 10.1 Å². The van der Waals surface area contributed by atoms with Gasteiger partial charge in [-0.25, -0.2) is 4.39 Å². The predicted octanol–water partition coefficient (Wildman–Crippen LogP) is 5.02. The Morgan fingerprint density at radius 3 is 2.57 bits per heavy atom. The second-order valence-corrected chi connectivity index (χ2v) is 9.11. The second-order valence-electron chi connectivity index (χ2n) is 9.11. The Labute approximate surface area is 178 Å². The molecule has 5 rings (SSSR count). The molecule has 2 aliphatic heterocycles. The lowest BCUT2D eigenvalue weighted by molar-refractivity contribution is -0.124. The number of halogens is 1. The molecule has 2 aromatic rings. The summed E-state index contributed by atoms with van der Waals surface area (Å²) in [6.07, 6.45) is 9.48. The summed E-state index contributed by atoms with van der Waals surface area (Å²) < 4.78 is 14.1. The van der Waals surface area contributed by atoms with E-state index in [-0.39, 0.29) is 23.1 Å². The Morgan fingerprint density at radius 2 is 1.87 bits per heavy atom. The number of carbonyl (C=O) groups excluding carboxylic acids is 1. The Hall–Kier alpha value is -2.46. The number of carbonyl (C=O) groups is 1. The van der Waals surface area contributed by atoms with Crippen LogP contribution in [-0.4, -0.2) is 37.0 Å². The average molecular weight is 405 g/mol. The molecule has 156 valence electrons. The topological polar surface area (TPSA) is 23.6 Å². The minimum atomic E-state index is -0.195. The molecule has 0 N–H and O–H groups in total. The number of piperidine rings is 1. The second kappa shape index (κ2) is 7.99. The molecule has 2 heterocycles. The van der Waals surface area contributed by atoms with E-state index in [1.165, 1.54) is 11.6 Å². The molecule has 1 saturated heterocycles. The van der Waals surface area contributed by atoms with Gasteiger partial charge in [0, 0.05) is 30.1 Å². The number of nitrogens with zero attached hydrogens (tertiary/aromatic N) is 2. The van der Waals surface area contributed by atoms with Gasteiger partial charge in [-0.1, -0.05) is 48.9 Å². The van der Waals surface area contributed by atoms with Crippen molar-refractivity contribution < 1.29 is 9.18 Å². The van der Waals surface area contributed by atoms with E-state index in [0.29, 0.717) is 0 Å². The molecule has 0 bridgehead atoms. The molecular weight excluding hydrogens is 375 g/mol. The van der Waals surface area contributed by atoms with Crippen LogP contribution in [0, 0.1) is 11.7 Å². The zero-order valence-electron chi connectivity index (χ0n) is 17.4. The third-order valence-corrected chi connectivity index (χ3v) is 7.29. The van der Waals surface area contributed by atoms with E-state index in [4.69, 9.17) is 0 Å². The number of hydrogen-bond acceptors (Lipinski definition) is 2. The van der Waals surface area contributed by atoms with Crippen molar-refractivity contribution in [2.24, 2.45) is 5.92 Å². The fourth-order valence-corrected chi connectivity index (χ4v) is 5.21. The first-order chi connectivity index (χ1) is 14.6. The van der Waals surface area contributed by atoms with Gasteiger partial charge in [0.15, 0.2) is 0 Å². The van der Waals surface area contributed by atoms with Crippen molar-refractivity contribution in [2.45, 2.75) is 37.5 Å². The monoisotopic (exact) mass is 404 g/mol. The molecule has 1 aliphatic carbocycles. The van der Waals surface area contributed by atoms with Crippen LogP contribution in [0.1, 0.15) is 43.2 Å². The van der Waals surface area contributed by atoms with E-state index < -0.39 is 0 Å². The molecule has 2 aromatic carbocycles. The number of likely N-dealkylation sites (tertiary alicyclic amines) is 1. The highest BCUT2D eigenvalue weighted by Crippen LogP contribution is 2.48. The third kappa shape index (κ3) is 3.58. The van der Waals surface area contributed by atoms with Crippen LogP contribution in [0.25, 0.3) is 6.08 Å². The smallest absolute Gasteiger partial charge is 0.230 e. The summed E-state index contributed by atoms with van der Waals surface area (Å²) in [4.78, 5) is 17.5. The van der Waals surface area contributed by atoms with Crippen LogP contribution in [0.15, 0.2) is 54.6 Å². The molecule has 0 atom stereocenters. The maximum atomic E-state index is 14.1. The number of anilines is 1. The predicted molar refractivity (Wildman–Crippen MR) is 119 cm³/mol. The molecule has 3 aliphatic rings. The molecule has 30 heavy (non-hydrogen) atoms. The highest BCUT2D eigenvalue weighted by atomic mass is 19.1. The molecular formula is C26H29FN2O. The summed E-state index contributed by atoms with van der Waals surface area (Å²) in [5, 5.41) is 0. The SMILES string of the molecule is O=C(C1CCC1)N1CC2(CCN(CC=Cc3ccccc3)CC2)c2cc(F)ccc21. The first-order valence-corrected chi connectivity index (χ1v) is 11.2. The number of fused-ring (bicyclic) bond motifs is 2. The molecule has 0 radical (unpaired) electrons. The molecule has 2 fully saturated rings. The van der Waals surface area contributed by atoms with Gasteiger partial charge in [0.05, 0.1) is 0 Å². The summed E-state index contributed by atoms with van der Waals surface area (Å²) in [7, 11) is 0. The number of amides is 1. The highest BCUT2D eigenvalue weighted by Gasteiger charge is 2.47. The van der Waals surface area contributed by atoms with Crippen molar-refractivity contribution in [1.82, 2.24) is 4.90 Å². The summed E-state index contributed by atoms with van der Waals surface area (Å²) in [6.45, 7) is 3.58. The van der Waals surface area contributed by atoms with Crippen molar-refractivity contribution in [2.75, 3.05) is 31.1 Å². The molecule has 0 aromatic heterocycles. The largest absolute Gasteiger partial charge is 0.311 e. The molecule has 3 nitrogen and oxygen atoms in total. The molecule has 4 heteroatoms. The number of hydrogen-bond donors (Lipinski definition) is 0. The molecule has 1 saturated carbocycles. The van der Waals surface area contributed by atoms with Crippen molar-refractivity contribution >= 4 is 17.7 Å². The van der Waals surface area contributed by atoms with E-state index >= 15 is 0 Å². The van der Waals surface area contributed by atoms with E-state index in [9.17, 15) is 9.18 Å². The van der Waals surface area contributed by atoms with Gasteiger partial charge < -0.3 is 4.90 Å². The van der Waals surface area contributed by atoms with E-state index in [1.807, 2.05) is 17.0 Å². The lowest BCUT2D eigenvalue weighted by Crippen LogP contribution is -2.47. The normalized spacial score (nSPS) is 21.2. The molecule has 1 spiro atoms. The molecule has 1 amide bonds. The van der Waals surface area contributed by atoms with Gasteiger partial charge in [-0.05, 0) is 68.1 Å². The van der Waals surface area contributed by atoms with Gasteiger partial charge in [0.2, 0.25) is 5.91 Å². The van der Waals surface area contributed by atoms with Crippen LogP contribution in [0.2, 0.25) is 0 Å². The zero-order valence-corrected chi connectivity index (χ0v) is 17.4. The summed E-state index contributed by atoms with van der Waals surface area (Å²) >= 11 is 0. The Morgan fingerprint density at radius 1 is 1.10 bits per heavy atom. The van der Waals surface area contributed by atoms with Gasteiger partial charge in [0.1, 0.15) is 5.82 Å². The minimum absolute atomic E-state index is 0.101. The Balaban J connectivity index is 1.29. The van der Waals surface area contributed by atoms with Crippen molar-refractivity contribution in [1.29, 1.82) is 0 Å². The van der Waals surface area contributed by atoms with Crippen molar-refractivity contribution in [3.63, 3.8) is 0 Å². The highest BCUT2D eigenvalue weighted by molar-refractivity contribution is 5.98. The van der Waals surface area contributed by atoms with E-state index in [2.05, 4.69) is 41.3 Å². The van der Waals surface area contributed by atoms with Crippen LogP contribution in [0.3, 0.4) is 0 Å². The fourth-order valence-electron chi connectivity index (χ4n) is 5.21.